The molecule has 5 rings (SSSR count). The summed E-state index contributed by atoms with van der Waals surface area (Å²) in [6, 6.07) is 18.1. The van der Waals surface area contributed by atoms with Gasteiger partial charge in [-0.15, -0.1) is 0 Å². The Morgan fingerprint density at radius 2 is 2.03 bits per heavy atom. The molecule has 6 nitrogen and oxygen atoms in total. The summed E-state index contributed by atoms with van der Waals surface area (Å²) >= 11 is 0. The first kappa shape index (κ1) is 17.7. The average molecular weight is 386 g/mol. The Morgan fingerprint density at radius 1 is 1.17 bits per heavy atom. The lowest BCUT2D eigenvalue weighted by atomic mass is 10.0. The fraction of sp³-hybridized carbons (Fsp3) is 0.217. The van der Waals surface area contributed by atoms with E-state index in [0.717, 1.165) is 33.3 Å². The molecule has 146 valence electrons. The van der Waals surface area contributed by atoms with E-state index in [1.165, 1.54) is 0 Å². The number of carbonyl (C=O) groups excluding carboxylic acids is 1. The van der Waals surface area contributed by atoms with E-state index in [9.17, 15) is 4.79 Å². The number of nitrogens with one attached hydrogen (secondary N) is 2. The zero-order chi connectivity index (χ0) is 19.8. The molecule has 4 aromatic rings. The molecule has 1 amide bonds. The monoisotopic (exact) mass is 386 g/mol. The van der Waals surface area contributed by atoms with Crippen molar-refractivity contribution < 1.29 is 9.53 Å². The SMILES string of the molecule is Cc1[nH]ncc1-c1ccc2cc(C(=O)N3CCOC[C@@H]3c3ccccc3)[nH]c2c1. The van der Waals surface area contributed by atoms with Crippen LogP contribution in [-0.2, 0) is 4.74 Å². The van der Waals surface area contributed by atoms with E-state index in [1.54, 1.807) is 0 Å². The molecule has 1 atom stereocenters. The number of benzene rings is 2. The molecular weight excluding hydrogens is 364 g/mol. The van der Waals surface area contributed by atoms with Gasteiger partial charge >= 0.3 is 0 Å². The Balaban J connectivity index is 1.48. The summed E-state index contributed by atoms with van der Waals surface area (Å²) in [7, 11) is 0. The molecule has 2 aromatic heterocycles. The highest BCUT2D eigenvalue weighted by Gasteiger charge is 2.30. The second-order valence-electron chi connectivity index (χ2n) is 7.39. The van der Waals surface area contributed by atoms with Crippen molar-refractivity contribution in [3.05, 3.63) is 77.7 Å². The van der Waals surface area contributed by atoms with Gasteiger partial charge in [-0.05, 0) is 30.2 Å². The fourth-order valence-electron chi connectivity index (χ4n) is 4.00. The number of aromatic amines is 2. The van der Waals surface area contributed by atoms with Gasteiger partial charge in [0.05, 0.1) is 25.5 Å². The van der Waals surface area contributed by atoms with E-state index in [-0.39, 0.29) is 11.9 Å². The minimum absolute atomic E-state index is 0.000560. The van der Waals surface area contributed by atoms with E-state index in [2.05, 4.69) is 27.3 Å². The number of aromatic nitrogens is 3. The molecule has 29 heavy (non-hydrogen) atoms. The van der Waals surface area contributed by atoms with Gasteiger partial charge in [0, 0.05) is 28.7 Å². The molecule has 1 fully saturated rings. The minimum Gasteiger partial charge on any atom is -0.377 e. The second kappa shape index (κ2) is 7.22. The number of fused-ring (bicyclic) bond motifs is 1. The molecule has 0 aliphatic carbocycles. The standard InChI is InChI=1S/C23H22N4O2/c1-15-19(13-24-26-15)17-7-8-18-12-21(25-20(18)11-17)23(28)27-9-10-29-14-22(27)16-5-3-2-4-6-16/h2-8,11-13,22,25H,9-10,14H2,1H3,(H,24,26)/t22-/m1/s1. The number of hydrogen-bond donors (Lipinski definition) is 2. The molecule has 1 saturated heterocycles. The van der Waals surface area contributed by atoms with Gasteiger partial charge in [0.2, 0.25) is 0 Å². The number of aryl methyl sites for hydroxylation is 1. The number of hydrogen-bond acceptors (Lipinski definition) is 3. The van der Waals surface area contributed by atoms with Crippen molar-refractivity contribution in [2.75, 3.05) is 19.8 Å². The summed E-state index contributed by atoms with van der Waals surface area (Å²) in [5.41, 5.74) is 5.78. The molecule has 6 heteroatoms. The van der Waals surface area contributed by atoms with Crippen molar-refractivity contribution in [2.45, 2.75) is 13.0 Å². The van der Waals surface area contributed by atoms with Gasteiger partial charge in [-0.3, -0.25) is 9.89 Å². The van der Waals surface area contributed by atoms with Gasteiger partial charge in [-0.1, -0.05) is 42.5 Å². The van der Waals surface area contributed by atoms with Crippen LogP contribution in [0.3, 0.4) is 0 Å². The first-order valence-electron chi connectivity index (χ1n) is 9.77. The average Bonchev–Trinajstić information content (AvgIpc) is 3.39. The van der Waals surface area contributed by atoms with E-state index in [4.69, 9.17) is 4.74 Å². The minimum atomic E-state index is -0.0759. The number of amides is 1. The van der Waals surface area contributed by atoms with Crippen LogP contribution in [0.4, 0.5) is 0 Å². The Kier molecular flexibility index (Phi) is 4.41. The highest BCUT2D eigenvalue weighted by atomic mass is 16.5. The van der Waals surface area contributed by atoms with Gasteiger partial charge in [0.1, 0.15) is 5.69 Å². The highest BCUT2D eigenvalue weighted by Crippen LogP contribution is 2.29. The molecular formula is C23H22N4O2. The molecule has 2 aromatic carbocycles. The maximum absolute atomic E-state index is 13.3. The lowest BCUT2D eigenvalue weighted by Gasteiger charge is -2.35. The number of carbonyl (C=O) groups is 1. The van der Waals surface area contributed by atoms with Crippen LogP contribution in [0, 0.1) is 6.92 Å². The Hall–Kier alpha value is -3.38. The van der Waals surface area contributed by atoms with E-state index in [0.29, 0.717) is 25.5 Å². The van der Waals surface area contributed by atoms with Crippen molar-refractivity contribution in [3.63, 3.8) is 0 Å². The third-order valence-corrected chi connectivity index (χ3v) is 5.57. The number of morpholine rings is 1. The summed E-state index contributed by atoms with van der Waals surface area (Å²) in [4.78, 5) is 18.6. The zero-order valence-electron chi connectivity index (χ0n) is 16.2. The third-order valence-electron chi connectivity index (χ3n) is 5.57. The Morgan fingerprint density at radius 3 is 2.83 bits per heavy atom. The van der Waals surface area contributed by atoms with E-state index in [1.807, 2.05) is 60.5 Å². The summed E-state index contributed by atoms with van der Waals surface area (Å²) in [5.74, 6) is -0.000560. The second-order valence-corrected chi connectivity index (χ2v) is 7.39. The maximum Gasteiger partial charge on any atom is 0.270 e. The fourth-order valence-corrected chi connectivity index (χ4v) is 4.00. The van der Waals surface area contributed by atoms with Gasteiger partial charge in [-0.25, -0.2) is 0 Å². The summed E-state index contributed by atoms with van der Waals surface area (Å²) < 4.78 is 5.67. The topological polar surface area (TPSA) is 74.0 Å². The van der Waals surface area contributed by atoms with Crippen LogP contribution in [0.2, 0.25) is 0 Å². The molecule has 2 N–H and O–H groups in total. The first-order chi connectivity index (χ1) is 14.2. The molecule has 0 unspecified atom stereocenters. The normalized spacial score (nSPS) is 17.0. The molecule has 0 saturated carbocycles. The van der Waals surface area contributed by atoms with Crippen LogP contribution in [0.1, 0.15) is 27.8 Å². The Labute approximate surface area is 168 Å². The summed E-state index contributed by atoms with van der Waals surface area (Å²) in [6.07, 6.45) is 1.82. The summed E-state index contributed by atoms with van der Waals surface area (Å²) in [5, 5.41) is 8.09. The molecule has 0 spiro atoms. The zero-order valence-corrected chi connectivity index (χ0v) is 16.2. The van der Waals surface area contributed by atoms with Crippen molar-refractivity contribution in [1.82, 2.24) is 20.1 Å². The van der Waals surface area contributed by atoms with Gasteiger partial charge in [0.15, 0.2) is 0 Å². The lowest BCUT2D eigenvalue weighted by Crippen LogP contribution is -2.43. The molecule has 1 aliphatic heterocycles. The first-order valence-corrected chi connectivity index (χ1v) is 9.77. The number of nitrogens with zero attached hydrogens (tertiary/aromatic N) is 2. The van der Waals surface area contributed by atoms with Gasteiger partial charge in [0.25, 0.3) is 5.91 Å². The van der Waals surface area contributed by atoms with E-state index < -0.39 is 0 Å². The highest BCUT2D eigenvalue weighted by molar-refractivity contribution is 5.99. The van der Waals surface area contributed by atoms with Crippen molar-refractivity contribution in [3.8, 4) is 11.1 Å². The van der Waals surface area contributed by atoms with E-state index >= 15 is 0 Å². The number of rotatable bonds is 3. The Bertz CT molecular complexity index is 1160. The lowest BCUT2D eigenvalue weighted by molar-refractivity contribution is -0.00295. The molecule has 0 radical (unpaired) electrons. The van der Waals surface area contributed by atoms with Crippen LogP contribution in [0.25, 0.3) is 22.0 Å². The maximum atomic E-state index is 13.3. The molecule has 0 bridgehead atoms. The number of H-pyrrole nitrogens is 2. The van der Waals surface area contributed by atoms with Crippen LogP contribution < -0.4 is 0 Å². The summed E-state index contributed by atoms with van der Waals surface area (Å²) in [6.45, 7) is 3.64. The van der Waals surface area contributed by atoms with Crippen molar-refractivity contribution >= 4 is 16.8 Å². The van der Waals surface area contributed by atoms with Gasteiger partial charge < -0.3 is 14.6 Å². The van der Waals surface area contributed by atoms with Gasteiger partial charge in [-0.2, -0.15) is 5.10 Å². The smallest absolute Gasteiger partial charge is 0.270 e. The van der Waals surface area contributed by atoms with Crippen LogP contribution >= 0.6 is 0 Å². The predicted octanol–water partition coefficient (Wildman–Crippen LogP) is 4.08. The quantitative estimate of drug-likeness (QED) is 0.557. The van der Waals surface area contributed by atoms with Crippen molar-refractivity contribution in [1.29, 1.82) is 0 Å². The number of ether oxygens (including phenoxy) is 1. The largest absolute Gasteiger partial charge is 0.377 e. The molecule has 3 heterocycles. The third kappa shape index (κ3) is 3.21. The van der Waals surface area contributed by atoms with Crippen LogP contribution in [0.15, 0.2) is 60.8 Å². The van der Waals surface area contributed by atoms with Crippen molar-refractivity contribution in [2.24, 2.45) is 0 Å². The van der Waals surface area contributed by atoms with Crippen LogP contribution in [-0.4, -0.2) is 45.7 Å². The predicted molar refractivity (Wildman–Crippen MR) is 112 cm³/mol. The van der Waals surface area contributed by atoms with Crippen LogP contribution in [0.5, 0.6) is 0 Å². The molecule has 1 aliphatic rings.